The van der Waals surface area contributed by atoms with Gasteiger partial charge in [-0.1, -0.05) is 44.2 Å². The molecule has 0 fully saturated rings. The lowest BCUT2D eigenvalue weighted by Crippen LogP contribution is -2.58. The Morgan fingerprint density at radius 3 is 1.82 bits per heavy atom. The lowest BCUT2D eigenvalue weighted by molar-refractivity contribution is -0.139. The summed E-state index contributed by atoms with van der Waals surface area (Å²) in [5.41, 5.74) is 22.0. The number of aliphatic imine (C=N–C) groups is 2. The molecule has 4 atom stereocenters. The van der Waals surface area contributed by atoms with Gasteiger partial charge in [0, 0.05) is 19.5 Å². The molecule has 0 heterocycles. The molecule has 0 aliphatic heterocycles. The number of hydrogen-bond acceptors (Lipinski definition) is 7. The largest absolute Gasteiger partial charge is 0.480 e. The number of nitrogens with zero attached hydrogens (tertiary/aromatic N) is 2. The molecule has 0 saturated carbocycles. The zero-order chi connectivity index (χ0) is 32.4. The van der Waals surface area contributed by atoms with Crippen molar-refractivity contribution in [3.05, 3.63) is 35.9 Å². The lowest BCUT2D eigenvalue weighted by Gasteiger charge is -2.27. The van der Waals surface area contributed by atoms with Crippen LogP contribution in [0.1, 0.15) is 45.1 Å². The van der Waals surface area contributed by atoms with E-state index in [9.17, 15) is 29.1 Å². The molecule has 4 amide bonds. The molecule has 45 heavy (non-hydrogen) atoms. The standard InChI is InChI=1S/C27H44N10O6.2ClH/c1-16(2)21(23(40)34-18(15-38)10-6-12-32-25(28)29)37-22(39)19(11-7-13-33-26(30)31)35-27(43)36-20(24(41)42)14-17-8-4-3-5-9-17;;/h3-5,8-9,15-16,18-21H,6-7,10-14H2,1-2H3,(H,34,40)(H,37,39)(H,41,42)(H4,28,29,32)(H4,30,31,33)(H2,35,36,43);2*1H/t18?,19-,20?,21-;;/m0../s1. The summed E-state index contributed by atoms with van der Waals surface area (Å²) in [6, 6.07) is 3.51. The highest BCUT2D eigenvalue weighted by atomic mass is 35.5. The van der Waals surface area contributed by atoms with Crippen LogP contribution in [-0.2, 0) is 25.6 Å². The van der Waals surface area contributed by atoms with Gasteiger partial charge in [-0.3, -0.25) is 19.6 Å². The second kappa shape index (κ2) is 23.1. The van der Waals surface area contributed by atoms with Gasteiger partial charge >= 0.3 is 12.0 Å². The second-order valence-electron chi connectivity index (χ2n) is 10.1. The molecule has 13 N–H and O–H groups in total. The molecule has 0 aromatic heterocycles. The number of halogens is 2. The molecule has 1 rings (SSSR count). The fourth-order valence-electron chi connectivity index (χ4n) is 3.94. The van der Waals surface area contributed by atoms with Crippen LogP contribution in [0.2, 0.25) is 0 Å². The maximum absolute atomic E-state index is 13.3. The first-order valence-corrected chi connectivity index (χ1v) is 13.8. The quantitative estimate of drug-likeness (QED) is 0.0377. The molecule has 0 saturated heterocycles. The van der Waals surface area contributed by atoms with Crippen LogP contribution < -0.4 is 44.2 Å². The Bertz CT molecular complexity index is 1130. The highest BCUT2D eigenvalue weighted by Crippen LogP contribution is 2.08. The van der Waals surface area contributed by atoms with Gasteiger partial charge < -0.3 is 54.1 Å². The van der Waals surface area contributed by atoms with Gasteiger partial charge in [-0.25, -0.2) is 9.59 Å². The number of carboxylic acids is 1. The van der Waals surface area contributed by atoms with E-state index in [0.29, 0.717) is 18.3 Å². The monoisotopic (exact) mass is 676 g/mol. The van der Waals surface area contributed by atoms with Crippen molar-refractivity contribution in [2.45, 2.75) is 70.1 Å². The van der Waals surface area contributed by atoms with E-state index in [1.807, 2.05) is 0 Å². The van der Waals surface area contributed by atoms with Crippen molar-refractivity contribution in [2.75, 3.05) is 13.1 Å². The predicted molar refractivity (Wildman–Crippen MR) is 176 cm³/mol. The zero-order valence-electron chi connectivity index (χ0n) is 25.3. The number of nitrogens with two attached hydrogens (primary N) is 4. The molecule has 1 aromatic rings. The van der Waals surface area contributed by atoms with Crippen LogP contribution in [0, 0.1) is 5.92 Å². The van der Waals surface area contributed by atoms with Crippen molar-refractivity contribution in [1.82, 2.24) is 21.3 Å². The van der Waals surface area contributed by atoms with Crippen LogP contribution in [-0.4, -0.2) is 84.4 Å². The van der Waals surface area contributed by atoms with Crippen molar-refractivity contribution in [2.24, 2.45) is 38.8 Å². The average molecular weight is 678 g/mol. The molecule has 18 heteroatoms. The highest BCUT2D eigenvalue weighted by Gasteiger charge is 2.30. The van der Waals surface area contributed by atoms with Crippen molar-refractivity contribution in [3.63, 3.8) is 0 Å². The van der Waals surface area contributed by atoms with Crippen LogP contribution in [0.15, 0.2) is 40.3 Å². The molecule has 0 aliphatic carbocycles. The van der Waals surface area contributed by atoms with E-state index >= 15 is 0 Å². The number of rotatable bonds is 19. The maximum atomic E-state index is 13.3. The SMILES string of the molecule is CC(C)[C@H](NC(=O)[C@H](CCCN=C(N)N)NC(=O)NC(Cc1ccccc1)C(=O)O)C(=O)NC(C=O)CCCN=C(N)N.Cl.Cl. The molecule has 0 radical (unpaired) electrons. The Balaban J connectivity index is 0. The number of carbonyl (C=O) groups is 5. The van der Waals surface area contributed by atoms with Crippen molar-refractivity contribution in [3.8, 4) is 0 Å². The van der Waals surface area contributed by atoms with Crippen molar-refractivity contribution in [1.29, 1.82) is 0 Å². The van der Waals surface area contributed by atoms with Gasteiger partial charge in [0.1, 0.15) is 24.4 Å². The van der Waals surface area contributed by atoms with Crippen LogP contribution >= 0.6 is 24.8 Å². The van der Waals surface area contributed by atoms with Crippen molar-refractivity contribution >= 4 is 66.8 Å². The van der Waals surface area contributed by atoms with Gasteiger partial charge in [0.25, 0.3) is 0 Å². The summed E-state index contributed by atoms with van der Waals surface area (Å²) >= 11 is 0. The van der Waals surface area contributed by atoms with Crippen molar-refractivity contribution < 1.29 is 29.1 Å². The number of hydrogen-bond donors (Lipinski definition) is 9. The summed E-state index contributed by atoms with van der Waals surface area (Å²) in [6.45, 7) is 3.84. The van der Waals surface area contributed by atoms with Crippen LogP contribution in [0.5, 0.6) is 0 Å². The Labute approximate surface area is 274 Å². The third kappa shape index (κ3) is 18.2. The van der Waals surface area contributed by atoms with E-state index in [1.165, 1.54) is 0 Å². The van der Waals surface area contributed by atoms with E-state index in [0.717, 1.165) is 0 Å². The van der Waals surface area contributed by atoms with Gasteiger partial charge in [0.2, 0.25) is 11.8 Å². The van der Waals surface area contributed by atoms with Gasteiger partial charge in [0.05, 0.1) is 6.04 Å². The number of amides is 4. The molecule has 0 spiro atoms. The maximum Gasteiger partial charge on any atom is 0.326 e. The Morgan fingerprint density at radius 1 is 0.800 bits per heavy atom. The van der Waals surface area contributed by atoms with Gasteiger partial charge in [-0.05, 0) is 37.2 Å². The molecule has 16 nitrogen and oxygen atoms in total. The number of carboxylic acid groups (broad SMARTS) is 1. The van der Waals surface area contributed by atoms with E-state index in [4.69, 9.17) is 22.9 Å². The van der Waals surface area contributed by atoms with Crippen LogP contribution in [0.3, 0.4) is 0 Å². The van der Waals surface area contributed by atoms with Gasteiger partial charge in [0.15, 0.2) is 11.9 Å². The van der Waals surface area contributed by atoms with Crippen LogP contribution in [0.25, 0.3) is 0 Å². The smallest absolute Gasteiger partial charge is 0.326 e. The number of guanidine groups is 2. The fourth-order valence-corrected chi connectivity index (χ4v) is 3.94. The fraction of sp³-hybridized carbons (Fsp3) is 0.519. The Hall–Kier alpha value is -4.31. The first-order valence-electron chi connectivity index (χ1n) is 13.8. The van der Waals surface area contributed by atoms with E-state index < -0.39 is 53.9 Å². The molecular formula is C27H46Cl2N10O6. The predicted octanol–water partition coefficient (Wildman–Crippen LogP) is -0.875. The Kier molecular flexibility index (Phi) is 22.0. The van der Waals surface area contributed by atoms with Crippen LogP contribution in [0.4, 0.5) is 4.79 Å². The summed E-state index contributed by atoms with van der Waals surface area (Å²) < 4.78 is 0. The topological polar surface area (TPSA) is 282 Å². The molecule has 0 bridgehead atoms. The minimum absolute atomic E-state index is 0. The number of nitrogens with one attached hydrogen (secondary N) is 4. The van der Waals surface area contributed by atoms with Gasteiger partial charge in [-0.15, -0.1) is 24.8 Å². The number of urea groups is 1. The number of aliphatic carboxylic acids is 1. The lowest BCUT2D eigenvalue weighted by atomic mass is 10.0. The first kappa shape index (κ1) is 42.8. The van der Waals surface area contributed by atoms with Gasteiger partial charge in [-0.2, -0.15) is 0 Å². The summed E-state index contributed by atoms with van der Waals surface area (Å²) in [7, 11) is 0. The minimum Gasteiger partial charge on any atom is -0.480 e. The van der Waals surface area contributed by atoms with E-state index in [-0.39, 0.29) is 75.5 Å². The third-order valence-electron chi connectivity index (χ3n) is 6.16. The molecule has 2 unspecified atom stereocenters. The third-order valence-corrected chi connectivity index (χ3v) is 6.16. The normalized spacial score (nSPS) is 12.8. The summed E-state index contributed by atoms with van der Waals surface area (Å²) in [5, 5.41) is 19.7. The number of carbonyl (C=O) groups excluding carboxylic acids is 4. The second-order valence-corrected chi connectivity index (χ2v) is 10.1. The van der Waals surface area contributed by atoms with E-state index in [1.54, 1.807) is 44.2 Å². The Morgan fingerprint density at radius 2 is 1.33 bits per heavy atom. The van der Waals surface area contributed by atoms with E-state index in [2.05, 4.69) is 31.3 Å². The molecule has 254 valence electrons. The first-order chi connectivity index (χ1) is 20.3. The average Bonchev–Trinajstić information content (AvgIpc) is 2.94. The summed E-state index contributed by atoms with van der Waals surface area (Å²) in [6.07, 6.45) is 1.65. The number of benzene rings is 1. The molecule has 1 aromatic carbocycles. The molecule has 0 aliphatic rings. The minimum atomic E-state index is -1.27. The number of aldehydes is 1. The molecular weight excluding hydrogens is 631 g/mol. The summed E-state index contributed by atoms with van der Waals surface area (Å²) in [5.74, 6) is -3.17. The highest BCUT2D eigenvalue weighted by molar-refractivity contribution is 5.93. The summed E-state index contributed by atoms with van der Waals surface area (Å²) in [4.78, 5) is 70.3. The zero-order valence-corrected chi connectivity index (χ0v) is 26.9.